The van der Waals surface area contributed by atoms with Crippen molar-refractivity contribution < 1.29 is 8.78 Å². The molecule has 4 nitrogen and oxygen atoms in total. The molecular weight excluding hydrogens is 370 g/mol. The van der Waals surface area contributed by atoms with Gasteiger partial charge in [-0.3, -0.25) is 4.48 Å². The maximum atomic E-state index is 15.1. The van der Waals surface area contributed by atoms with Crippen molar-refractivity contribution in [2.45, 2.75) is 38.1 Å². The lowest BCUT2D eigenvalue weighted by molar-refractivity contribution is 0.310. The van der Waals surface area contributed by atoms with Crippen LogP contribution < -0.4 is 9.38 Å². The van der Waals surface area contributed by atoms with Crippen LogP contribution in [0.5, 0.6) is 0 Å². The molecule has 29 heavy (non-hydrogen) atoms. The number of quaternary nitrogens is 1. The van der Waals surface area contributed by atoms with Crippen LogP contribution in [-0.2, 0) is 0 Å². The van der Waals surface area contributed by atoms with Crippen molar-refractivity contribution in [2.75, 3.05) is 31.6 Å². The maximum absolute atomic E-state index is 15.1. The third-order valence-electron chi connectivity index (χ3n) is 6.88. The van der Waals surface area contributed by atoms with Crippen LogP contribution in [0.1, 0.15) is 43.7 Å². The summed E-state index contributed by atoms with van der Waals surface area (Å²) in [6.07, 6.45) is 6.84. The van der Waals surface area contributed by atoms with Crippen LogP contribution in [0.4, 0.5) is 20.2 Å². The summed E-state index contributed by atoms with van der Waals surface area (Å²) in [4.78, 5) is 9.33. The molecule has 2 aliphatic rings. The van der Waals surface area contributed by atoms with Crippen LogP contribution in [0.15, 0.2) is 36.7 Å². The van der Waals surface area contributed by atoms with Gasteiger partial charge in [0.2, 0.25) is 0 Å². The highest BCUT2D eigenvalue weighted by atomic mass is 19.1. The lowest BCUT2D eigenvalue weighted by Crippen LogP contribution is -2.44. The van der Waals surface area contributed by atoms with E-state index in [0.29, 0.717) is 10.2 Å². The normalized spacial score (nSPS) is 25.1. The first kappa shape index (κ1) is 18.6. The van der Waals surface area contributed by atoms with Gasteiger partial charge in [-0.15, -0.1) is 0 Å². The zero-order valence-electron chi connectivity index (χ0n) is 16.8. The number of fused-ring (bicyclic) bond motifs is 1. The number of imidazole rings is 1. The van der Waals surface area contributed by atoms with Crippen molar-refractivity contribution >= 4 is 22.4 Å². The number of anilines is 1. The van der Waals surface area contributed by atoms with E-state index in [1.807, 2.05) is 11.0 Å². The van der Waals surface area contributed by atoms with Crippen LogP contribution >= 0.6 is 0 Å². The van der Waals surface area contributed by atoms with Gasteiger partial charge in [-0.25, -0.2) is 13.8 Å². The predicted molar refractivity (Wildman–Crippen MR) is 113 cm³/mol. The molecule has 3 aromatic rings. The number of aromatic amines is 1. The van der Waals surface area contributed by atoms with Gasteiger partial charge >= 0.3 is 0 Å². The molecule has 6 heteroatoms. The quantitative estimate of drug-likeness (QED) is 0.608. The van der Waals surface area contributed by atoms with Crippen molar-refractivity contribution in [1.82, 2.24) is 14.5 Å². The fourth-order valence-electron chi connectivity index (χ4n) is 5.29. The summed E-state index contributed by atoms with van der Waals surface area (Å²) < 4.78 is 30.7. The first-order chi connectivity index (χ1) is 14.1. The molecule has 0 saturated carbocycles. The Morgan fingerprint density at radius 1 is 1.03 bits per heavy atom. The number of hydrogen-bond acceptors (Lipinski definition) is 2. The molecule has 0 spiro atoms. The molecule has 0 radical (unpaired) electrons. The number of hydrogen-bond donors (Lipinski definition) is 1. The molecule has 3 heterocycles. The molecule has 2 aromatic carbocycles. The number of benzene rings is 2. The largest absolute Gasteiger partial charge is 0.367 e. The van der Waals surface area contributed by atoms with Crippen molar-refractivity contribution in [1.29, 1.82) is 0 Å². The van der Waals surface area contributed by atoms with Crippen molar-refractivity contribution in [2.24, 2.45) is 0 Å². The first-order valence-corrected chi connectivity index (χ1v) is 10.6. The molecule has 5 rings (SSSR count). The molecule has 152 valence electrons. The first-order valence-electron chi connectivity index (χ1n) is 10.6. The van der Waals surface area contributed by atoms with E-state index < -0.39 is 11.6 Å². The SMILES string of the molecule is C[N+]1(c2cc(F)c(N3CCCCC3)c(F)c2)CCCC1c1ccc2nc[nH]c2c1. The van der Waals surface area contributed by atoms with E-state index >= 15 is 8.78 Å². The van der Waals surface area contributed by atoms with Gasteiger partial charge in [0.15, 0.2) is 11.6 Å². The van der Waals surface area contributed by atoms with Gasteiger partial charge in [0.1, 0.15) is 17.4 Å². The second-order valence-corrected chi connectivity index (χ2v) is 8.63. The van der Waals surface area contributed by atoms with E-state index in [4.69, 9.17) is 0 Å². The monoisotopic (exact) mass is 397 g/mol. The van der Waals surface area contributed by atoms with Crippen LogP contribution in [0.25, 0.3) is 11.0 Å². The highest BCUT2D eigenvalue weighted by Crippen LogP contribution is 2.44. The predicted octanol–water partition coefficient (Wildman–Crippen LogP) is 5.30. The minimum absolute atomic E-state index is 0.148. The number of H-pyrrole nitrogens is 1. The van der Waals surface area contributed by atoms with Crippen molar-refractivity contribution in [3.05, 3.63) is 53.9 Å². The maximum Gasteiger partial charge on any atom is 0.155 e. The summed E-state index contributed by atoms with van der Waals surface area (Å²) in [6.45, 7) is 2.33. The average Bonchev–Trinajstić information content (AvgIpc) is 3.34. The number of halogens is 2. The third-order valence-corrected chi connectivity index (χ3v) is 6.88. The van der Waals surface area contributed by atoms with Crippen molar-refractivity contribution in [3.8, 4) is 0 Å². The highest BCUT2D eigenvalue weighted by Gasteiger charge is 2.42. The van der Waals surface area contributed by atoms with Gasteiger partial charge < -0.3 is 9.88 Å². The molecule has 0 amide bonds. The van der Waals surface area contributed by atoms with E-state index in [2.05, 4.69) is 29.1 Å². The van der Waals surface area contributed by atoms with Gasteiger partial charge in [-0.1, -0.05) is 6.07 Å². The Morgan fingerprint density at radius 2 is 1.79 bits per heavy atom. The fraction of sp³-hybridized carbons (Fsp3) is 0.435. The second-order valence-electron chi connectivity index (χ2n) is 8.63. The van der Waals surface area contributed by atoms with E-state index in [1.165, 1.54) is 5.56 Å². The molecule has 0 bridgehead atoms. The van der Waals surface area contributed by atoms with E-state index in [1.54, 1.807) is 18.5 Å². The van der Waals surface area contributed by atoms with Crippen LogP contribution in [0.3, 0.4) is 0 Å². The summed E-state index contributed by atoms with van der Waals surface area (Å²) in [5.41, 5.74) is 3.98. The number of piperidine rings is 1. The minimum atomic E-state index is -0.434. The van der Waals surface area contributed by atoms with E-state index in [0.717, 1.165) is 62.8 Å². The molecular formula is C23H27F2N4+. The highest BCUT2D eigenvalue weighted by molar-refractivity contribution is 5.75. The molecule has 1 N–H and O–H groups in total. The van der Waals surface area contributed by atoms with Gasteiger partial charge in [0.25, 0.3) is 0 Å². The van der Waals surface area contributed by atoms with Gasteiger partial charge in [0, 0.05) is 43.6 Å². The molecule has 1 aromatic heterocycles. The molecule has 2 fully saturated rings. The number of likely N-dealkylation sites (tertiary alicyclic amines) is 1. The Labute approximate surface area is 169 Å². The average molecular weight is 397 g/mol. The molecule has 2 aliphatic heterocycles. The summed E-state index contributed by atoms with van der Waals surface area (Å²) in [6, 6.07) is 9.56. The summed E-state index contributed by atoms with van der Waals surface area (Å²) in [7, 11) is 2.10. The van der Waals surface area contributed by atoms with Crippen LogP contribution in [0, 0.1) is 11.6 Å². The Kier molecular flexibility index (Phi) is 4.54. The Bertz CT molecular complexity index is 1020. The number of nitrogens with zero attached hydrogens (tertiary/aromatic N) is 3. The Morgan fingerprint density at radius 3 is 2.55 bits per heavy atom. The van der Waals surface area contributed by atoms with Gasteiger partial charge in [0.05, 0.1) is 31.0 Å². The number of aromatic nitrogens is 2. The minimum Gasteiger partial charge on any atom is -0.367 e. The number of nitrogens with one attached hydrogen (secondary N) is 1. The molecule has 2 unspecified atom stereocenters. The van der Waals surface area contributed by atoms with Crippen molar-refractivity contribution in [3.63, 3.8) is 0 Å². The molecule has 2 saturated heterocycles. The van der Waals surface area contributed by atoms with E-state index in [9.17, 15) is 0 Å². The fourth-order valence-corrected chi connectivity index (χ4v) is 5.29. The molecule has 0 aliphatic carbocycles. The summed E-state index contributed by atoms with van der Waals surface area (Å²) >= 11 is 0. The van der Waals surface area contributed by atoms with Crippen LogP contribution in [-0.4, -0.2) is 36.6 Å². The van der Waals surface area contributed by atoms with Crippen LogP contribution in [0.2, 0.25) is 0 Å². The molecule has 2 atom stereocenters. The second kappa shape index (κ2) is 7.10. The standard InChI is InChI=1S/C23H27F2N4/c1-29(11-5-6-22(29)16-7-8-20-21(12-16)27-15-26-20)17-13-18(24)23(19(25)14-17)28-9-3-2-4-10-28/h7-8,12-15,22H,2-6,9-11H2,1H3,(H,26,27)/q+1. The zero-order valence-corrected chi connectivity index (χ0v) is 16.8. The number of rotatable bonds is 3. The smallest absolute Gasteiger partial charge is 0.155 e. The van der Waals surface area contributed by atoms with Gasteiger partial charge in [-0.2, -0.15) is 0 Å². The zero-order chi connectivity index (χ0) is 20.0. The Hall–Kier alpha value is -2.47. The van der Waals surface area contributed by atoms with E-state index in [-0.39, 0.29) is 11.7 Å². The van der Waals surface area contributed by atoms with Gasteiger partial charge in [-0.05, 0) is 31.4 Å². The lowest BCUT2D eigenvalue weighted by Gasteiger charge is -2.37. The topological polar surface area (TPSA) is 31.9 Å². The lowest BCUT2D eigenvalue weighted by atomic mass is 10.0. The third kappa shape index (κ3) is 3.10. The summed E-state index contributed by atoms with van der Waals surface area (Å²) in [5.74, 6) is -0.869. The summed E-state index contributed by atoms with van der Waals surface area (Å²) in [5, 5.41) is 0. The Balaban J connectivity index is 1.52.